The number of halogens is 1. The van der Waals surface area contributed by atoms with E-state index in [4.69, 9.17) is 16.3 Å². The average molecular weight is 579 g/mol. The first-order valence-corrected chi connectivity index (χ1v) is 16.7. The molecule has 4 aliphatic carbocycles. The Morgan fingerprint density at radius 3 is 2.78 bits per heavy atom. The highest BCUT2D eigenvalue weighted by atomic mass is 35.5. The predicted octanol–water partition coefficient (Wildman–Crippen LogP) is 7.17. The number of fused-ring (bicyclic) bond motifs is 7. The Labute approximate surface area is 251 Å². The van der Waals surface area contributed by atoms with Gasteiger partial charge in [0.15, 0.2) is 0 Å². The van der Waals surface area contributed by atoms with Crippen molar-refractivity contribution in [2.75, 3.05) is 0 Å². The van der Waals surface area contributed by atoms with E-state index in [9.17, 15) is 5.11 Å². The molecular weight excluding hydrogens is 530 g/mol. The summed E-state index contributed by atoms with van der Waals surface area (Å²) in [7, 11) is 0. The molecule has 1 saturated heterocycles. The SMILES string of the molecule is CC1C2C(C[C@H]3[C@@H]4CC=C5CC(O)CC[C@]5(C)[C@H]4CC[C@]23C)O[C@@H]1CC[C@@H](C)n1c[n+](Cc2ccc(Cl)cc2)cn1. The van der Waals surface area contributed by atoms with Gasteiger partial charge in [-0.1, -0.05) is 56.2 Å². The van der Waals surface area contributed by atoms with Gasteiger partial charge in [-0.15, -0.1) is 4.68 Å². The van der Waals surface area contributed by atoms with E-state index in [0.717, 1.165) is 55.0 Å². The highest BCUT2D eigenvalue weighted by Gasteiger charge is 2.64. The van der Waals surface area contributed by atoms with Crippen molar-refractivity contribution in [2.45, 2.75) is 116 Å². The zero-order valence-corrected chi connectivity index (χ0v) is 26.1. The van der Waals surface area contributed by atoms with Crippen LogP contribution in [0.1, 0.15) is 97.1 Å². The molecule has 6 heteroatoms. The van der Waals surface area contributed by atoms with E-state index in [1.807, 2.05) is 18.5 Å². The molecule has 4 unspecified atom stereocenters. The summed E-state index contributed by atoms with van der Waals surface area (Å²) in [5.41, 5.74) is 3.51. The molecule has 5 nitrogen and oxygen atoms in total. The monoisotopic (exact) mass is 578 g/mol. The van der Waals surface area contributed by atoms with E-state index in [1.165, 1.54) is 37.7 Å². The maximum absolute atomic E-state index is 10.4. The first kappa shape index (κ1) is 28.1. The van der Waals surface area contributed by atoms with Gasteiger partial charge in [0.2, 0.25) is 6.33 Å². The van der Waals surface area contributed by atoms with Crippen molar-refractivity contribution < 1.29 is 14.4 Å². The van der Waals surface area contributed by atoms with Crippen LogP contribution in [0.4, 0.5) is 0 Å². The minimum Gasteiger partial charge on any atom is -0.393 e. The number of hydrogen-bond donors (Lipinski definition) is 1. The summed E-state index contributed by atoms with van der Waals surface area (Å²) in [4.78, 5) is 0. The number of aromatic nitrogens is 3. The standard InChI is InChI=1S/C35H49ClN3O2/c1-22(39-21-38(20-37-39)19-24-6-9-26(36)10-7-24)5-12-31-23(2)33-32(41-31)18-30-28-11-8-25-17-27(40)13-15-34(25,3)29(28)14-16-35(30,33)4/h6-10,20-23,27-33,40H,5,11-19H2,1-4H3/q+1/t22-,23?,27?,28-,29+,30+,31-,32?,33?,34+,35+/m1/s1. The predicted molar refractivity (Wildman–Crippen MR) is 161 cm³/mol. The number of aliphatic hydroxyl groups is 1. The summed E-state index contributed by atoms with van der Waals surface area (Å²) < 4.78 is 11.2. The Kier molecular flexibility index (Phi) is 7.19. The van der Waals surface area contributed by atoms with E-state index < -0.39 is 0 Å². The maximum Gasteiger partial charge on any atom is 0.265 e. The number of hydrogen-bond acceptors (Lipinski definition) is 3. The Hall–Kier alpha value is -1.69. The minimum atomic E-state index is -0.122. The molecule has 11 atom stereocenters. The maximum atomic E-state index is 10.4. The number of benzene rings is 1. The molecule has 1 aliphatic heterocycles. The van der Waals surface area contributed by atoms with Crippen LogP contribution in [0.25, 0.3) is 0 Å². The van der Waals surface area contributed by atoms with Gasteiger partial charge in [0.05, 0.1) is 24.9 Å². The fourth-order valence-electron chi connectivity index (χ4n) is 10.6. The van der Waals surface area contributed by atoms with Crippen molar-refractivity contribution >= 4 is 11.6 Å². The second kappa shape index (κ2) is 10.5. The van der Waals surface area contributed by atoms with Crippen LogP contribution >= 0.6 is 11.6 Å². The molecule has 1 N–H and O–H groups in total. The van der Waals surface area contributed by atoms with Gasteiger partial charge in [-0.25, -0.2) is 4.57 Å². The number of allylic oxidation sites excluding steroid dienone is 1. The zero-order valence-electron chi connectivity index (χ0n) is 25.4. The number of rotatable bonds is 6. The Morgan fingerprint density at radius 1 is 1.17 bits per heavy atom. The van der Waals surface area contributed by atoms with Crippen molar-refractivity contribution in [3.63, 3.8) is 0 Å². The quantitative estimate of drug-likeness (QED) is 0.292. The van der Waals surface area contributed by atoms with Gasteiger partial charge < -0.3 is 9.84 Å². The molecule has 222 valence electrons. The normalized spacial score (nSPS) is 42.1. The van der Waals surface area contributed by atoms with Crippen LogP contribution in [-0.4, -0.2) is 33.2 Å². The van der Waals surface area contributed by atoms with Crippen LogP contribution in [0.5, 0.6) is 0 Å². The molecule has 41 heavy (non-hydrogen) atoms. The van der Waals surface area contributed by atoms with Gasteiger partial charge in [-0.3, -0.25) is 0 Å². The molecule has 2 heterocycles. The third kappa shape index (κ3) is 4.73. The molecule has 0 bridgehead atoms. The topological polar surface area (TPSA) is 51.2 Å². The molecule has 0 amide bonds. The third-order valence-electron chi connectivity index (χ3n) is 12.9. The van der Waals surface area contributed by atoms with E-state index >= 15 is 0 Å². The van der Waals surface area contributed by atoms with E-state index in [0.29, 0.717) is 40.9 Å². The lowest BCUT2D eigenvalue weighted by molar-refractivity contribution is -0.689. The van der Waals surface area contributed by atoms with Crippen LogP contribution in [0, 0.1) is 40.4 Å². The van der Waals surface area contributed by atoms with Crippen molar-refractivity contribution in [3.05, 3.63) is 59.2 Å². The fourth-order valence-corrected chi connectivity index (χ4v) is 10.8. The number of ether oxygens (including phenoxy) is 1. The fraction of sp³-hybridized carbons (Fsp3) is 0.714. The molecular formula is C35H49ClN3O2+. The van der Waals surface area contributed by atoms with Gasteiger partial charge in [-0.05, 0) is 123 Å². The zero-order chi connectivity index (χ0) is 28.5. The van der Waals surface area contributed by atoms with Crippen LogP contribution in [-0.2, 0) is 11.3 Å². The lowest BCUT2D eigenvalue weighted by Crippen LogP contribution is -2.51. The van der Waals surface area contributed by atoms with Gasteiger partial charge in [0.25, 0.3) is 6.33 Å². The Balaban J connectivity index is 0.983. The molecule has 5 aliphatic rings. The molecule has 3 saturated carbocycles. The minimum absolute atomic E-state index is 0.122. The first-order valence-electron chi connectivity index (χ1n) is 16.4. The highest BCUT2D eigenvalue weighted by molar-refractivity contribution is 6.30. The van der Waals surface area contributed by atoms with E-state index in [2.05, 4.69) is 66.6 Å². The summed E-state index contributed by atoms with van der Waals surface area (Å²) >= 11 is 6.05. The number of aliphatic hydroxyl groups excluding tert-OH is 1. The van der Waals surface area contributed by atoms with E-state index in [-0.39, 0.29) is 6.10 Å². The van der Waals surface area contributed by atoms with Crippen molar-refractivity contribution in [1.82, 2.24) is 9.78 Å². The van der Waals surface area contributed by atoms with Crippen molar-refractivity contribution in [3.8, 4) is 0 Å². The van der Waals surface area contributed by atoms with Gasteiger partial charge >= 0.3 is 0 Å². The molecule has 4 fully saturated rings. The van der Waals surface area contributed by atoms with Gasteiger partial charge in [-0.2, -0.15) is 0 Å². The first-order chi connectivity index (χ1) is 19.7. The smallest absolute Gasteiger partial charge is 0.265 e. The van der Waals surface area contributed by atoms with Crippen LogP contribution in [0.15, 0.2) is 48.6 Å². The third-order valence-corrected chi connectivity index (χ3v) is 13.1. The Morgan fingerprint density at radius 2 is 1.98 bits per heavy atom. The van der Waals surface area contributed by atoms with E-state index in [1.54, 1.807) is 5.57 Å². The van der Waals surface area contributed by atoms with Crippen LogP contribution < -0.4 is 4.57 Å². The molecule has 1 aromatic heterocycles. The average Bonchev–Trinajstić information content (AvgIpc) is 3.63. The summed E-state index contributed by atoms with van der Waals surface area (Å²) in [6.07, 6.45) is 17.7. The largest absolute Gasteiger partial charge is 0.393 e. The highest BCUT2D eigenvalue weighted by Crippen LogP contribution is 2.69. The molecule has 7 rings (SSSR count). The molecule has 1 aromatic carbocycles. The van der Waals surface area contributed by atoms with Crippen molar-refractivity contribution in [1.29, 1.82) is 0 Å². The summed E-state index contributed by atoms with van der Waals surface area (Å²) in [6.45, 7) is 10.8. The van der Waals surface area contributed by atoms with Crippen LogP contribution in [0.3, 0.4) is 0 Å². The lowest BCUT2D eigenvalue weighted by Gasteiger charge is -2.58. The molecule has 2 aromatic rings. The molecule has 0 spiro atoms. The van der Waals surface area contributed by atoms with Crippen molar-refractivity contribution in [2.24, 2.45) is 40.4 Å². The second-order valence-corrected chi connectivity index (χ2v) is 15.4. The summed E-state index contributed by atoms with van der Waals surface area (Å²) in [5.74, 6) is 3.65. The second-order valence-electron chi connectivity index (χ2n) is 15.0. The van der Waals surface area contributed by atoms with Crippen LogP contribution in [0.2, 0.25) is 5.02 Å². The summed E-state index contributed by atoms with van der Waals surface area (Å²) in [5, 5.41) is 15.8. The molecule has 0 radical (unpaired) electrons. The number of nitrogens with zero attached hydrogens (tertiary/aromatic N) is 3. The van der Waals surface area contributed by atoms with Gasteiger partial charge in [0, 0.05) is 10.1 Å². The lowest BCUT2D eigenvalue weighted by atomic mass is 9.47. The van der Waals surface area contributed by atoms with Gasteiger partial charge in [0.1, 0.15) is 6.04 Å². The Bertz CT molecular complexity index is 1290. The summed E-state index contributed by atoms with van der Waals surface area (Å²) in [6, 6.07) is 8.39.